The zero-order valence-corrected chi connectivity index (χ0v) is 9.43. The number of hydrogen-bond donors (Lipinski definition) is 0. The molecule has 0 aliphatic carbocycles. The van der Waals surface area contributed by atoms with Crippen LogP contribution in [-0.2, 0) is 24.8 Å². The van der Waals surface area contributed by atoms with Gasteiger partial charge in [0.15, 0.2) is 0 Å². The van der Waals surface area contributed by atoms with Crippen LogP contribution >= 0.6 is 0 Å². The monoisotopic (exact) mass is 232 g/mol. The van der Waals surface area contributed by atoms with E-state index in [4.69, 9.17) is 9.47 Å². The minimum absolute atomic E-state index is 0.190. The van der Waals surface area contributed by atoms with E-state index in [0.29, 0.717) is 0 Å². The second-order valence-electron chi connectivity index (χ2n) is 4.59. The highest BCUT2D eigenvalue weighted by molar-refractivity contribution is 5.80. The Hall–Kier alpha value is -1.84. The summed E-state index contributed by atoms with van der Waals surface area (Å²) in [6.07, 6.45) is 0.499. The lowest BCUT2D eigenvalue weighted by molar-refractivity contribution is -0.210. The Morgan fingerprint density at radius 1 is 1.06 bits per heavy atom. The fraction of sp³-hybridized carbons (Fsp3) is 0.385. The maximum Gasteiger partial charge on any atom is 0.309 e. The van der Waals surface area contributed by atoms with Gasteiger partial charge in [0, 0.05) is 5.56 Å². The zero-order chi connectivity index (χ0) is 12.0. The number of carbonyl (C=O) groups excluding carboxylic acids is 2. The van der Waals surface area contributed by atoms with Crippen LogP contribution < -0.4 is 0 Å². The SMILES string of the molecule is Cc1ccc(C23OC(=O)CC2CC(=O)O3)cc1. The van der Waals surface area contributed by atoms with Gasteiger partial charge in [0.05, 0.1) is 18.8 Å². The Bertz CT molecular complexity index is 469. The predicted octanol–water partition coefficient (Wildman–Crippen LogP) is 1.66. The lowest BCUT2D eigenvalue weighted by atomic mass is 9.91. The lowest BCUT2D eigenvalue weighted by Gasteiger charge is -2.25. The van der Waals surface area contributed by atoms with Crippen LogP contribution in [0.3, 0.4) is 0 Å². The van der Waals surface area contributed by atoms with Crippen molar-refractivity contribution in [3.63, 3.8) is 0 Å². The first kappa shape index (κ1) is 10.3. The summed E-state index contributed by atoms with van der Waals surface area (Å²) in [6, 6.07) is 7.53. The van der Waals surface area contributed by atoms with Gasteiger partial charge in [-0.05, 0) is 6.92 Å². The first-order chi connectivity index (χ1) is 8.10. The summed E-state index contributed by atoms with van der Waals surface area (Å²) in [4.78, 5) is 22.8. The van der Waals surface area contributed by atoms with Crippen LogP contribution in [0.2, 0.25) is 0 Å². The molecule has 2 fully saturated rings. The van der Waals surface area contributed by atoms with E-state index in [0.717, 1.165) is 11.1 Å². The fourth-order valence-corrected chi connectivity index (χ4v) is 2.49. The molecule has 0 spiro atoms. The van der Waals surface area contributed by atoms with Crippen LogP contribution in [0.4, 0.5) is 0 Å². The smallest absolute Gasteiger partial charge is 0.309 e. The summed E-state index contributed by atoms with van der Waals surface area (Å²) in [5.41, 5.74) is 1.85. The number of fused-ring (bicyclic) bond motifs is 1. The molecule has 17 heavy (non-hydrogen) atoms. The summed E-state index contributed by atoms with van der Waals surface area (Å²) in [5.74, 6) is -1.96. The summed E-state index contributed by atoms with van der Waals surface area (Å²) < 4.78 is 10.6. The molecule has 0 unspecified atom stereocenters. The highest BCUT2D eigenvalue weighted by atomic mass is 16.7. The van der Waals surface area contributed by atoms with Crippen molar-refractivity contribution in [2.45, 2.75) is 25.6 Å². The van der Waals surface area contributed by atoms with Gasteiger partial charge in [-0.3, -0.25) is 9.59 Å². The Kier molecular flexibility index (Phi) is 2.02. The van der Waals surface area contributed by atoms with Crippen LogP contribution in [0.1, 0.15) is 24.0 Å². The third kappa shape index (κ3) is 1.44. The molecule has 0 aromatic heterocycles. The van der Waals surface area contributed by atoms with Gasteiger partial charge < -0.3 is 9.47 Å². The van der Waals surface area contributed by atoms with Crippen molar-refractivity contribution in [1.82, 2.24) is 0 Å². The maximum atomic E-state index is 11.4. The van der Waals surface area contributed by atoms with Gasteiger partial charge in [0.1, 0.15) is 0 Å². The van der Waals surface area contributed by atoms with Crippen molar-refractivity contribution < 1.29 is 19.1 Å². The molecular weight excluding hydrogens is 220 g/mol. The van der Waals surface area contributed by atoms with E-state index >= 15 is 0 Å². The molecule has 0 atom stereocenters. The van der Waals surface area contributed by atoms with Crippen molar-refractivity contribution in [3.05, 3.63) is 35.4 Å². The van der Waals surface area contributed by atoms with Crippen molar-refractivity contribution in [2.24, 2.45) is 5.92 Å². The van der Waals surface area contributed by atoms with Gasteiger partial charge in [0.25, 0.3) is 5.79 Å². The van der Waals surface area contributed by atoms with Crippen LogP contribution in [0.25, 0.3) is 0 Å². The second-order valence-corrected chi connectivity index (χ2v) is 4.59. The van der Waals surface area contributed by atoms with Gasteiger partial charge >= 0.3 is 11.9 Å². The average molecular weight is 232 g/mol. The number of esters is 2. The minimum atomic E-state index is -1.16. The summed E-state index contributed by atoms with van der Waals surface area (Å²) in [6.45, 7) is 1.97. The zero-order valence-electron chi connectivity index (χ0n) is 9.43. The van der Waals surface area contributed by atoms with E-state index in [1.54, 1.807) is 0 Å². The van der Waals surface area contributed by atoms with E-state index in [1.165, 1.54) is 0 Å². The Morgan fingerprint density at radius 3 is 2.12 bits per heavy atom. The number of carbonyl (C=O) groups is 2. The third-order valence-corrected chi connectivity index (χ3v) is 3.35. The molecule has 2 saturated heterocycles. The highest BCUT2D eigenvalue weighted by Gasteiger charge is 2.59. The minimum Gasteiger partial charge on any atom is -0.418 e. The maximum absolute atomic E-state index is 11.4. The molecule has 2 aliphatic heterocycles. The van der Waals surface area contributed by atoms with Gasteiger partial charge in [-0.25, -0.2) is 0 Å². The van der Waals surface area contributed by atoms with Gasteiger partial charge in [-0.15, -0.1) is 0 Å². The average Bonchev–Trinajstić information content (AvgIpc) is 2.70. The normalized spacial score (nSPS) is 31.0. The molecule has 0 radical (unpaired) electrons. The van der Waals surface area contributed by atoms with Crippen LogP contribution in [0.5, 0.6) is 0 Å². The topological polar surface area (TPSA) is 52.6 Å². The fourth-order valence-electron chi connectivity index (χ4n) is 2.49. The van der Waals surface area contributed by atoms with Crippen molar-refractivity contribution in [2.75, 3.05) is 0 Å². The van der Waals surface area contributed by atoms with Crippen molar-refractivity contribution in [3.8, 4) is 0 Å². The molecule has 88 valence electrons. The number of ether oxygens (including phenoxy) is 2. The molecule has 0 bridgehead atoms. The van der Waals surface area contributed by atoms with Crippen molar-refractivity contribution >= 4 is 11.9 Å². The van der Waals surface area contributed by atoms with Crippen LogP contribution in [-0.4, -0.2) is 11.9 Å². The second kappa shape index (κ2) is 3.32. The van der Waals surface area contributed by atoms with Crippen LogP contribution in [0, 0.1) is 12.8 Å². The van der Waals surface area contributed by atoms with E-state index < -0.39 is 5.79 Å². The van der Waals surface area contributed by atoms with Crippen molar-refractivity contribution in [1.29, 1.82) is 0 Å². The Morgan fingerprint density at radius 2 is 1.59 bits per heavy atom. The molecule has 0 N–H and O–H groups in total. The summed E-state index contributed by atoms with van der Waals surface area (Å²) in [5, 5.41) is 0. The van der Waals surface area contributed by atoms with E-state index in [1.807, 2.05) is 31.2 Å². The number of aryl methyl sites for hydroxylation is 1. The van der Waals surface area contributed by atoms with Gasteiger partial charge in [-0.2, -0.15) is 0 Å². The quantitative estimate of drug-likeness (QED) is 0.691. The van der Waals surface area contributed by atoms with Gasteiger partial charge in [-0.1, -0.05) is 29.8 Å². The van der Waals surface area contributed by atoms with E-state index in [9.17, 15) is 9.59 Å². The number of hydrogen-bond acceptors (Lipinski definition) is 4. The number of benzene rings is 1. The van der Waals surface area contributed by atoms with E-state index in [2.05, 4.69) is 0 Å². The molecule has 0 saturated carbocycles. The molecule has 3 rings (SSSR count). The Labute approximate surface area is 98.5 Å². The van der Waals surface area contributed by atoms with E-state index in [-0.39, 0.29) is 30.7 Å². The first-order valence-corrected chi connectivity index (χ1v) is 5.61. The standard InChI is InChI=1S/C13H12O4/c1-8-2-4-9(5-3-8)13-10(6-11(14)16-13)7-12(15)17-13/h2-5,10H,6-7H2,1H3. The molecule has 2 aliphatic rings. The summed E-state index contributed by atoms with van der Waals surface area (Å²) >= 11 is 0. The molecule has 2 heterocycles. The molecule has 4 nitrogen and oxygen atoms in total. The molecule has 1 aromatic rings. The Balaban J connectivity index is 2.06. The first-order valence-electron chi connectivity index (χ1n) is 5.61. The largest absolute Gasteiger partial charge is 0.418 e. The molecular formula is C13H12O4. The highest BCUT2D eigenvalue weighted by Crippen LogP contribution is 2.49. The lowest BCUT2D eigenvalue weighted by Crippen LogP contribution is -2.30. The predicted molar refractivity (Wildman–Crippen MR) is 57.8 cm³/mol. The van der Waals surface area contributed by atoms with Gasteiger partial charge in [0.2, 0.25) is 0 Å². The molecule has 1 aromatic carbocycles. The van der Waals surface area contributed by atoms with Crippen LogP contribution in [0.15, 0.2) is 24.3 Å². The molecule has 0 amide bonds. The molecule has 4 heteroatoms. The number of rotatable bonds is 1. The third-order valence-electron chi connectivity index (χ3n) is 3.35. The summed E-state index contributed by atoms with van der Waals surface area (Å²) in [7, 11) is 0.